The fraction of sp³-hybridized carbons (Fsp3) is 0.324. The predicted molar refractivity (Wildman–Crippen MR) is 486 cm³/mol. The summed E-state index contributed by atoms with van der Waals surface area (Å²) in [6, 6.07) is 44.7. The zero-order chi connectivity index (χ0) is 94.3. The van der Waals surface area contributed by atoms with Gasteiger partial charge in [0.15, 0.2) is 40.0 Å². The minimum atomic E-state index is -0.752. The van der Waals surface area contributed by atoms with Crippen molar-refractivity contribution >= 4 is 41.4 Å². The first-order valence-electron chi connectivity index (χ1n) is 44.4. The number of thioether (sulfide) groups is 1. The van der Waals surface area contributed by atoms with Gasteiger partial charge in [0.1, 0.15) is 29.1 Å². The largest absolute Gasteiger partial charge is 0.502 e. The number of fused-ring (bicyclic) bond motifs is 12. The molecule has 9 heterocycles. The lowest BCUT2D eigenvalue weighted by Crippen LogP contribution is -2.50. The van der Waals surface area contributed by atoms with Gasteiger partial charge >= 0.3 is 5.97 Å². The van der Waals surface area contributed by atoms with Crippen molar-refractivity contribution in [3.05, 3.63) is 364 Å². The Kier molecular flexibility index (Phi) is 25.1. The molecular formula is C102H97F5N12O13S. The zero-order valence-electron chi connectivity index (χ0n) is 74.6. The van der Waals surface area contributed by atoms with E-state index in [0.29, 0.717) is 89.7 Å². The third-order valence-electron chi connectivity index (χ3n) is 26.8. The molecule has 133 heavy (non-hydrogen) atoms. The van der Waals surface area contributed by atoms with Crippen molar-refractivity contribution in [1.29, 1.82) is 0 Å². The van der Waals surface area contributed by atoms with Crippen LogP contribution < -0.4 is 26.5 Å². The molecule has 8 aromatic carbocycles. The number of hydrogen-bond acceptors (Lipinski definition) is 18. The lowest BCUT2D eigenvalue weighted by atomic mass is 9.81. The molecule has 684 valence electrons. The molecule has 20 rings (SSSR count). The van der Waals surface area contributed by atoms with E-state index in [0.717, 1.165) is 59.2 Å². The molecule has 0 bridgehead atoms. The van der Waals surface area contributed by atoms with Gasteiger partial charge in [0.2, 0.25) is 27.5 Å². The minimum Gasteiger partial charge on any atom is -0.502 e. The lowest BCUT2D eigenvalue weighted by molar-refractivity contribution is -0.137. The van der Waals surface area contributed by atoms with Crippen molar-refractivity contribution in [1.82, 2.24) is 58.7 Å². The lowest BCUT2D eigenvalue weighted by Gasteiger charge is -2.41. The normalized spacial score (nSPS) is 18.7. The third-order valence-corrected chi connectivity index (χ3v) is 27.9. The Hall–Kier alpha value is -14.0. The maximum Gasteiger partial charge on any atom is 0.313 e. The van der Waals surface area contributed by atoms with Gasteiger partial charge in [0.25, 0.3) is 23.6 Å². The average Bonchev–Trinajstić information content (AvgIpc) is 1.72. The number of ether oxygens (including phenoxy) is 1. The van der Waals surface area contributed by atoms with Crippen molar-refractivity contribution in [2.45, 2.75) is 177 Å². The molecule has 5 aliphatic heterocycles. The molecule has 4 aromatic heterocycles. The summed E-state index contributed by atoms with van der Waals surface area (Å²) in [5, 5.41) is 48.6. The number of likely N-dealkylation sites (N-methyl/N-ethyl adjacent to an activating group) is 1. The number of carbonyl (C=O) groups is 5. The number of carbonyl (C=O) groups excluding carboxylic acids is 5. The highest BCUT2D eigenvalue weighted by molar-refractivity contribution is 7.98. The number of hydrogen-bond donors (Lipinski definition) is 3. The van der Waals surface area contributed by atoms with Crippen LogP contribution in [0.25, 0.3) is 0 Å². The number of rotatable bonds is 9. The fourth-order valence-electron chi connectivity index (χ4n) is 20.3. The van der Waals surface area contributed by atoms with E-state index in [1.165, 1.54) is 76.4 Å². The first-order valence-corrected chi connectivity index (χ1v) is 45.4. The number of amides is 4. The molecule has 0 fully saturated rings. The van der Waals surface area contributed by atoms with Crippen molar-refractivity contribution < 1.29 is 66.0 Å². The molecule has 0 saturated heterocycles. The van der Waals surface area contributed by atoms with Crippen LogP contribution in [0.2, 0.25) is 0 Å². The highest BCUT2D eigenvalue weighted by Crippen LogP contribution is 2.52. The Morgan fingerprint density at radius 3 is 1.17 bits per heavy atom. The van der Waals surface area contributed by atoms with Crippen LogP contribution in [0.3, 0.4) is 0 Å². The smallest absolute Gasteiger partial charge is 0.313 e. The standard InChI is InChI=1S/C29H29F2N3O4.C25H23F2N3O3.C24H22FN3O3.C24H23N3O3S/c1-15(2)29(37)38-27-24(35)13-32-34-23(14-33(16(3)4)28(36)26(27)34)25-19-7-5-9-21(30)17(19)11-12-18-20(25)8-6-10-22(18)31;1-13(2)29-12-20(30-23(25(29)33)24(32)21(31)11-28-30)22-16-5-3-7-18(26)14(16)9-10-15-17(22)6-4-8-19(15)27;1-13-3-7-17-14(9-13)4-5-15-10-16(25)6-8-18(15)21(17)19-12-27(2)24(31)22-23(30)20(29)11-26-28(19)22;1-14(2)26-12-18(27-22(24(26)30)23(29)19(28)11-25-27)21-16-8-4-3-7-15(16)13-31-20-10-6-5-9-17(20)21/h5-10,13,15-16,23,25H,11-12,14H2,1-4H3;3-8,11,13,20,22,32H,9-10,12H2,1-2H3;3,6-11,19,21,30H,4-5,12H2,1-2H3;3-11,14,18,21,29H,12-13H2,1-2H3. The number of halogens is 5. The van der Waals surface area contributed by atoms with Crippen LogP contribution in [0.5, 0.6) is 23.0 Å². The highest BCUT2D eigenvalue weighted by Gasteiger charge is 2.49. The first-order chi connectivity index (χ1) is 63.7. The highest BCUT2D eigenvalue weighted by atomic mass is 32.2. The van der Waals surface area contributed by atoms with Crippen molar-refractivity contribution in [2.75, 3.05) is 33.2 Å². The van der Waals surface area contributed by atoms with Crippen LogP contribution in [0, 0.1) is 41.9 Å². The van der Waals surface area contributed by atoms with E-state index < -0.39 is 92.5 Å². The van der Waals surface area contributed by atoms with E-state index in [2.05, 4.69) is 62.9 Å². The summed E-state index contributed by atoms with van der Waals surface area (Å²) >= 11 is 1.80. The summed E-state index contributed by atoms with van der Waals surface area (Å²) < 4.78 is 85.5. The fourth-order valence-corrected chi connectivity index (χ4v) is 21.5. The summed E-state index contributed by atoms with van der Waals surface area (Å²) in [4.78, 5) is 122. The van der Waals surface area contributed by atoms with E-state index in [9.17, 15) is 71.6 Å². The van der Waals surface area contributed by atoms with Crippen LogP contribution in [0.15, 0.2) is 207 Å². The van der Waals surface area contributed by atoms with Crippen LogP contribution in [-0.4, -0.2) is 155 Å². The molecule has 0 radical (unpaired) electrons. The second-order valence-corrected chi connectivity index (χ2v) is 37.0. The summed E-state index contributed by atoms with van der Waals surface area (Å²) in [6.45, 7) is 17.7. The number of esters is 1. The zero-order valence-corrected chi connectivity index (χ0v) is 75.4. The molecular weight excluding hydrogens is 1730 g/mol. The SMILES string of the molecule is CC(C)C(=O)Oc1c2n(ncc1=O)C(C1c3cccc(F)c3CCc3c(F)cccc31)CN(C(C)C)C2=O.CC(C)N1CC(C2c3cccc(F)c3CCc3c(F)cccc32)n2ncc(=O)c(O)c2C1=O.CC(C)N1CC(C2c3ccccc3CSc3ccccc32)n2ncc(=O)c(O)c2C1=O.Cc1ccc2c(c1)CCc1cc(F)ccc1C2C1CN(C)C(=O)c2c(O)c(=O)cnn21. The predicted octanol–water partition coefficient (Wildman–Crippen LogP) is 14.7. The molecule has 3 aliphatic carbocycles. The van der Waals surface area contributed by atoms with Crippen molar-refractivity contribution in [2.24, 2.45) is 5.92 Å². The monoisotopic (exact) mass is 1820 g/mol. The molecule has 3 N–H and O–H groups in total. The number of aromatic nitrogens is 8. The summed E-state index contributed by atoms with van der Waals surface area (Å²) in [7, 11) is 1.65. The molecule has 0 saturated carbocycles. The molecule has 12 aromatic rings. The maximum atomic E-state index is 15.1. The molecule has 31 heteroatoms. The average molecular weight is 1830 g/mol. The second-order valence-electron chi connectivity index (χ2n) is 36.0. The van der Waals surface area contributed by atoms with E-state index in [-0.39, 0.29) is 119 Å². The van der Waals surface area contributed by atoms with Gasteiger partial charge in [-0.3, -0.25) is 61.9 Å². The number of aromatic hydroxyl groups is 3. The summed E-state index contributed by atoms with van der Waals surface area (Å²) in [5.74, 6) is -7.54. The van der Waals surface area contributed by atoms with Gasteiger partial charge in [0, 0.05) is 85.7 Å². The molecule has 4 amide bonds. The van der Waals surface area contributed by atoms with E-state index in [1.54, 1.807) is 82.4 Å². The van der Waals surface area contributed by atoms with Crippen LogP contribution in [0.1, 0.15) is 234 Å². The summed E-state index contributed by atoms with van der Waals surface area (Å²) in [6.07, 6.45) is 6.92. The van der Waals surface area contributed by atoms with Gasteiger partial charge < -0.3 is 39.7 Å². The molecule has 6 atom stereocenters. The van der Waals surface area contributed by atoms with Crippen LogP contribution >= 0.6 is 11.8 Å². The van der Waals surface area contributed by atoms with Gasteiger partial charge in [-0.15, -0.1) is 11.8 Å². The molecule has 0 spiro atoms. The van der Waals surface area contributed by atoms with Gasteiger partial charge in [-0.1, -0.05) is 135 Å². The third kappa shape index (κ3) is 16.5. The quantitative estimate of drug-likeness (QED) is 0.0893. The van der Waals surface area contributed by atoms with Crippen molar-refractivity contribution in [3.63, 3.8) is 0 Å². The topological polar surface area (TPSA) is 308 Å². The number of benzene rings is 8. The summed E-state index contributed by atoms with van der Waals surface area (Å²) in [5.41, 5.74) is 10.3. The Bertz CT molecular complexity index is 6790. The Morgan fingerprint density at radius 1 is 0.383 bits per heavy atom. The first kappa shape index (κ1) is 90.9. The Morgan fingerprint density at radius 2 is 0.729 bits per heavy atom. The van der Waals surface area contributed by atoms with Crippen molar-refractivity contribution in [3.8, 4) is 23.0 Å². The molecule has 25 nitrogen and oxygen atoms in total. The van der Waals surface area contributed by atoms with Gasteiger partial charge in [-0.2, -0.15) is 20.4 Å². The Balaban J connectivity index is 0.000000124. The van der Waals surface area contributed by atoms with Gasteiger partial charge in [-0.05, 0) is 213 Å². The Labute approximate surface area is 765 Å². The minimum absolute atomic E-state index is 0.0238. The van der Waals surface area contributed by atoms with Crippen LogP contribution in [-0.2, 0) is 49.1 Å². The number of aryl methyl sites for hydroxylation is 3. The molecule has 8 aliphatic rings. The number of nitrogens with zero attached hydrogens (tertiary/aromatic N) is 12. The second kappa shape index (κ2) is 36.6. The van der Waals surface area contributed by atoms with Gasteiger partial charge in [-0.25, -0.2) is 22.0 Å². The maximum absolute atomic E-state index is 15.1. The van der Waals surface area contributed by atoms with Crippen LogP contribution in [0.4, 0.5) is 22.0 Å². The van der Waals surface area contributed by atoms with E-state index in [4.69, 9.17) is 4.74 Å². The molecule has 6 unspecified atom stereocenters. The van der Waals surface area contributed by atoms with E-state index in [1.807, 2.05) is 103 Å². The van der Waals surface area contributed by atoms with E-state index >= 15 is 8.78 Å². The van der Waals surface area contributed by atoms with Gasteiger partial charge in [0.05, 0.1) is 54.9 Å².